The maximum atomic E-state index is 14.2. The zero-order chi connectivity index (χ0) is 24.2. The van der Waals surface area contributed by atoms with Crippen molar-refractivity contribution in [1.29, 1.82) is 0 Å². The number of rotatable bonds is 6. The molecule has 1 saturated heterocycles. The predicted molar refractivity (Wildman–Crippen MR) is 125 cm³/mol. The van der Waals surface area contributed by atoms with Crippen LogP contribution in [-0.4, -0.2) is 45.0 Å². The minimum Gasteiger partial charge on any atom is -0.364 e. The average molecular weight is 486 g/mol. The van der Waals surface area contributed by atoms with Crippen LogP contribution in [0.4, 0.5) is 4.39 Å². The molecule has 1 unspecified atom stereocenters. The van der Waals surface area contributed by atoms with Crippen LogP contribution in [0.15, 0.2) is 42.5 Å². The number of carbonyl (C=O) groups is 3. The van der Waals surface area contributed by atoms with E-state index in [-0.39, 0.29) is 41.2 Å². The molecule has 0 radical (unpaired) electrons. The molecule has 0 aliphatic carbocycles. The van der Waals surface area contributed by atoms with E-state index in [1.54, 1.807) is 41.3 Å². The molecule has 1 aromatic heterocycles. The van der Waals surface area contributed by atoms with Crippen molar-refractivity contribution in [3.8, 4) is 0 Å². The normalized spacial score (nSPS) is 16.3. The third-order valence-corrected chi connectivity index (χ3v) is 6.33. The van der Waals surface area contributed by atoms with Gasteiger partial charge in [0.1, 0.15) is 18.4 Å². The van der Waals surface area contributed by atoms with Crippen LogP contribution >= 0.6 is 11.6 Å². The number of nitrogens with zero attached hydrogens (tertiary/aromatic N) is 3. The van der Waals surface area contributed by atoms with Crippen LogP contribution in [0.25, 0.3) is 10.9 Å². The zero-order valence-corrected chi connectivity index (χ0v) is 19.2. The van der Waals surface area contributed by atoms with Gasteiger partial charge in [-0.05, 0) is 25.0 Å². The van der Waals surface area contributed by atoms with E-state index >= 15 is 0 Å². The van der Waals surface area contributed by atoms with Crippen LogP contribution in [0.2, 0.25) is 5.02 Å². The number of nitrogens with two attached hydrogens (primary N) is 1. The van der Waals surface area contributed by atoms with Crippen molar-refractivity contribution in [2.24, 2.45) is 5.73 Å². The highest BCUT2D eigenvalue weighted by molar-refractivity contribution is 6.30. The molecule has 2 aromatic carbocycles. The van der Waals surface area contributed by atoms with Gasteiger partial charge in [-0.2, -0.15) is 5.10 Å². The third-order valence-electron chi connectivity index (χ3n) is 6.04. The Labute approximate surface area is 200 Å². The first-order valence-corrected chi connectivity index (χ1v) is 11.5. The standard InChI is InChI=1S/C24H25ClFN5O3/c25-17-9-6-7-15(21(17)26)13-28-24(34)19-11-2-1-5-12-30(19)20(32)14-31-18-10-4-3-8-16(18)22(29-31)23(27)33/h3-4,6-10,19H,1-2,5,11-14H2,(H2,27,33)(H,28,34). The summed E-state index contributed by atoms with van der Waals surface area (Å²) in [5.74, 6) is -1.89. The van der Waals surface area contributed by atoms with Crippen LogP contribution in [-0.2, 0) is 22.7 Å². The zero-order valence-electron chi connectivity index (χ0n) is 18.5. The first-order chi connectivity index (χ1) is 16.4. The number of hydrogen-bond donors (Lipinski definition) is 2. The van der Waals surface area contributed by atoms with E-state index in [1.165, 1.54) is 10.7 Å². The van der Waals surface area contributed by atoms with Gasteiger partial charge in [-0.3, -0.25) is 19.1 Å². The second kappa shape index (κ2) is 10.2. The van der Waals surface area contributed by atoms with Crippen LogP contribution in [0, 0.1) is 5.82 Å². The molecule has 4 rings (SSSR count). The Kier molecular flexibility index (Phi) is 7.12. The summed E-state index contributed by atoms with van der Waals surface area (Å²) >= 11 is 5.83. The van der Waals surface area contributed by atoms with Gasteiger partial charge in [-0.1, -0.05) is 54.8 Å². The highest BCUT2D eigenvalue weighted by atomic mass is 35.5. The molecule has 0 bridgehead atoms. The lowest BCUT2D eigenvalue weighted by molar-refractivity contribution is -0.141. The van der Waals surface area contributed by atoms with Gasteiger partial charge in [0.25, 0.3) is 5.91 Å². The summed E-state index contributed by atoms with van der Waals surface area (Å²) in [6.07, 6.45) is 2.96. The number of primary amides is 1. The molecular formula is C24H25ClFN5O3. The van der Waals surface area contributed by atoms with Crippen molar-refractivity contribution < 1.29 is 18.8 Å². The van der Waals surface area contributed by atoms with Gasteiger partial charge < -0.3 is 16.0 Å². The van der Waals surface area contributed by atoms with Crippen molar-refractivity contribution in [2.45, 2.75) is 44.8 Å². The van der Waals surface area contributed by atoms with Gasteiger partial charge in [0.2, 0.25) is 11.8 Å². The maximum absolute atomic E-state index is 14.2. The Morgan fingerprint density at radius 1 is 1.12 bits per heavy atom. The molecule has 1 fully saturated rings. The number of benzene rings is 2. The van der Waals surface area contributed by atoms with Gasteiger partial charge in [0, 0.05) is 24.0 Å². The Hall–Kier alpha value is -3.46. The summed E-state index contributed by atoms with van der Waals surface area (Å²) < 4.78 is 15.6. The van der Waals surface area contributed by atoms with E-state index in [9.17, 15) is 18.8 Å². The minimum absolute atomic E-state index is 0.0141. The fourth-order valence-corrected chi connectivity index (χ4v) is 4.51. The molecule has 3 aromatic rings. The van der Waals surface area contributed by atoms with Crippen LogP contribution in [0.5, 0.6) is 0 Å². The number of fused-ring (bicyclic) bond motifs is 1. The number of nitrogens with one attached hydrogen (secondary N) is 1. The van der Waals surface area contributed by atoms with E-state index in [0.29, 0.717) is 23.9 Å². The molecule has 10 heteroatoms. The Balaban J connectivity index is 1.52. The lowest BCUT2D eigenvalue weighted by Crippen LogP contribution is -2.50. The Morgan fingerprint density at radius 3 is 2.71 bits per heavy atom. The van der Waals surface area contributed by atoms with E-state index in [1.807, 2.05) is 0 Å². The number of aromatic nitrogens is 2. The van der Waals surface area contributed by atoms with Crippen LogP contribution < -0.4 is 11.1 Å². The minimum atomic E-state index is -0.685. The van der Waals surface area contributed by atoms with Crippen molar-refractivity contribution in [3.63, 3.8) is 0 Å². The van der Waals surface area contributed by atoms with Gasteiger partial charge in [0.05, 0.1) is 10.5 Å². The lowest BCUT2D eigenvalue weighted by Gasteiger charge is -2.29. The fraction of sp³-hybridized carbons (Fsp3) is 0.333. The summed E-state index contributed by atoms with van der Waals surface area (Å²) in [7, 11) is 0. The van der Waals surface area contributed by atoms with E-state index in [2.05, 4.69) is 10.4 Å². The molecular weight excluding hydrogens is 461 g/mol. The van der Waals surface area contributed by atoms with Crippen molar-refractivity contribution in [3.05, 3.63) is 64.6 Å². The first-order valence-electron chi connectivity index (χ1n) is 11.1. The number of likely N-dealkylation sites (tertiary alicyclic amines) is 1. The SMILES string of the molecule is NC(=O)c1nn(CC(=O)N2CCCCCC2C(=O)NCc2cccc(Cl)c2F)c2ccccc12. The topological polar surface area (TPSA) is 110 Å². The summed E-state index contributed by atoms with van der Waals surface area (Å²) in [6, 6.07) is 11.0. The molecule has 0 saturated carbocycles. The Bertz CT molecular complexity index is 1240. The average Bonchev–Trinajstić information content (AvgIpc) is 3.01. The number of carbonyl (C=O) groups excluding carboxylic acids is 3. The summed E-state index contributed by atoms with van der Waals surface area (Å²) in [4.78, 5) is 39.7. The smallest absolute Gasteiger partial charge is 0.269 e. The molecule has 1 atom stereocenters. The second-order valence-corrected chi connectivity index (χ2v) is 8.68. The van der Waals surface area contributed by atoms with Crippen molar-refractivity contribution >= 4 is 40.2 Å². The van der Waals surface area contributed by atoms with Gasteiger partial charge in [-0.15, -0.1) is 0 Å². The number of halogens is 2. The molecule has 1 aliphatic rings. The van der Waals surface area contributed by atoms with Crippen molar-refractivity contribution in [2.75, 3.05) is 6.54 Å². The van der Waals surface area contributed by atoms with E-state index in [4.69, 9.17) is 17.3 Å². The second-order valence-electron chi connectivity index (χ2n) is 8.27. The molecule has 34 heavy (non-hydrogen) atoms. The molecule has 3 amide bonds. The molecule has 178 valence electrons. The molecule has 8 nitrogen and oxygen atoms in total. The monoisotopic (exact) mass is 485 g/mol. The van der Waals surface area contributed by atoms with Gasteiger partial charge in [0.15, 0.2) is 5.69 Å². The van der Waals surface area contributed by atoms with Crippen LogP contribution in [0.1, 0.15) is 41.7 Å². The fourth-order valence-electron chi connectivity index (χ4n) is 4.31. The van der Waals surface area contributed by atoms with Gasteiger partial charge >= 0.3 is 0 Å². The van der Waals surface area contributed by atoms with Gasteiger partial charge in [-0.25, -0.2) is 4.39 Å². The van der Waals surface area contributed by atoms with E-state index < -0.39 is 17.8 Å². The maximum Gasteiger partial charge on any atom is 0.269 e. The molecule has 2 heterocycles. The summed E-state index contributed by atoms with van der Waals surface area (Å²) in [6.45, 7) is 0.250. The highest BCUT2D eigenvalue weighted by Gasteiger charge is 2.31. The molecule has 3 N–H and O–H groups in total. The number of amides is 3. The van der Waals surface area contributed by atoms with E-state index in [0.717, 1.165) is 19.3 Å². The van der Waals surface area contributed by atoms with Crippen molar-refractivity contribution in [1.82, 2.24) is 20.0 Å². The molecule has 0 spiro atoms. The quantitative estimate of drug-likeness (QED) is 0.559. The van der Waals surface area contributed by atoms with Crippen LogP contribution in [0.3, 0.4) is 0 Å². The first kappa shape index (κ1) is 23.7. The number of para-hydroxylation sites is 1. The third kappa shape index (κ3) is 4.89. The Morgan fingerprint density at radius 2 is 1.91 bits per heavy atom. The summed E-state index contributed by atoms with van der Waals surface area (Å²) in [5.41, 5.74) is 6.43. The molecule has 1 aliphatic heterocycles. The highest BCUT2D eigenvalue weighted by Crippen LogP contribution is 2.22. The largest absolute Gasteiger partial charge is 0.364 e. The summed E-state index contributed by atoms with van der Waals surface area (Å²) in [5, 5.41) is 7.55. The lowest BCUT2D eigenvalue weighted by atomic mass is 10.1. The predicted octanol–water partition coefficient (Wildman–Crippen LogP) is 3.02. The number of hydrogen-bond acceptors (Lipinski definition) is 4.